The zero-order valence-electron chi connectivity index (χ0n) is 30.0. The third-order valence-electron chi connectivity index (χ3n) is 8.68. The van der Waals surface area contributed by atoms with Gasteiger partial charge >= 0.3 is 0 Å². The van der Waals surface area contributed by atoms with Crippen LogP contribution in [0.5, 0.6) is 28.7 Å². The van der Waals surface area contributed by atoms with E-state index in [0.29, 0.717) is 29.4 Å². The molecule has 8 nitrogen and oxygen atoms in total. The average molecular weight is 837 g/mol. The number of methoxy groups -OCH3 is 2. The Labute approximate surface area is 329 Å². The lowest BCUT2D eigenvalue weighted by Gasteiger charge is -2.28. The average Bonchev–Trinajstić information content (AvgIpc) is 3.21. The fraction of sp³-hybridized carbons (Fsp3) is 0.178. The quantitative estimate of drug-likeness (QED) is 0.0520. The number of carbonyl (C=O) groups excluding carboxylic acids is 1. The van der Waals surface area contributed by atoms with E-state index in [0.717, 1.165) is 25.8 Å². The van der Waals surface area contributed by atoms with Crippen LogP contribution in [0.3, 0.4) is 0 Å². The molecule has 0 bridgehead atoms. The van der Waals surface area contributed by atoms with Crippen molar-refractivity contribution in [1.29, 1.82) is 0 Å². The summed E-state index contributed by atoms with van der Waals surface area (Å²) in [6.45, 7) is 0.956. The third-order valence-corrected chi connectivity index (χ3v) is 9.52. The molecule has 0 saturated heterocycles. The Morgan fingerprint density at radius 2 is 0.981 bits per heavy atom. The van der Waals surface area contributed by atoms with Crippen molar-refractivity contribution >= 4 is 28.4 Å². The second-order valence-corrected chi connectivity index (χ2v) is 13.6. The first-order chi connectivity index (χ1) is 26.4. The van der Waals surface area contributed by atoms with Crippen LogP contribution in [0.2, 0.25) is 0 Å². The molecule has 9 heteroatoms. The summed E-state index contributed by atoms with van der Waals surface area (Å²) in [5.74, 6) is -0.460. The van der Waals surface area contributed by atoms with Gasteiger partial charge in [0.25, 0.3) is 0 Å². The van der Waals surface area contributed by atoms with Crippen molar-refractivity contribution in [3.63, 3.8) is 0 Å². The summed E-state index contributed by atoms with van der Waals surface area (Å²) < 4.78 is 37.5. The summed E-state index contributed by atoms with van der Waals surface area (Å²) >= 11 is 2.19. The van der Waals surface area contributed by atoms with Gasteiger partial charge in [0.1, 0.15) is 66.7 Å². The predicted molar refractivity (Wildman–Crippen MR) is 215 cm³/mol. The van der Waals surface area contributed by atoms with Crippen LogP contribution in [-0.4, -0.2) is 31.4 Å². The molecule has 0 amide bonds. The van der Waals surface area contributed by atoms with Crippen molar-refractivity contribution in [3.05, 3.63) is 183 Å². The highest BCUT2D eigenvalue weighted by atomic mass is 127. The summed E-state index contributed by atoms with van der Waals surface area (Å²) in [5, 5.41) is 11.6. The molecule has 6 aromatic carbocycles. The Hall–Kier alpha value is -5.36. The summed E-state index contributed by atoms with van der Waals surface area (Å²) in [6, 6.07) is 45.5. The van der Waals surface area contributed by atoms with E-state index in [-0.39, 0.29) is 36.9 Å². The van der Waals surface area contributed by atoms with E-state index in [1.54, 1.807) is 12.1 Å². The molecule has 1 unspecified atom stereocenters. The van der Waals surface area contributed by atoms with Gasteiger partial charge in [0.15, 0.2) is 12.1 Å². The smallest absolute Gasteiger partial charge is 0.183 e. The minimum Gasteiger partial charge on any atom is -0.507 e. The van der Waals surface area contributed by atoms with Crippen LogP contribution in [-0.2, 0) is 35.9 Å². The van der Waals surface area contributed by atoms with Crippen LogP contribution in [0.1, 0.15) is 44.1 Å². The number of ketones is 1. The maximum Gasteiger partial charge on any atom is 0.183 e. The van der Waals surface area contributed by atoms with E-state index in [1.807, 2.05) is 127 Å². The van der Waals surface area contributed by atoms with Gasteiger partial charge in [-0.15, -0.1) is 0 Å². The van der Waals surface area contributed by atoms with Gasteiger partial charge in [-0.2, -0.15) is 0 Å². The summed E-state index contributed by atoms with van der Waals surface area (Å²) in [5.41, 5.74) is 4.21. The second-order valence-electron chi connectivity index (χ2n) is 12.4. The fourth-order valence-corrected chi connectivity index (χ4v) is 6.58. The van der Waals surface area contributed by atoms with E-state index in [9.17, 15) is 5.11 Å². The summed E-state index contributed by atoms with van der Waals surface area (Å²) in [6.07, 6.45) is -1.07. The topological polar surface area (TPSA) is 92.7 Å². The molecular weight excluding hydrogens is 795 g/mol. The molecule has 276 valence electrons. The van der Waals surface area contributed by atoms with Crippen LogP contribution in [0.4, 0.5) is 0 Å². The molecule has 0 aliphatic rings. The number of benzene rings is 6. The van der Waals surface area contributed by atoms with Crippen molar-refractivity contribution < 1.29 is 38.3 Å². The summed E-state index contributed by atoms with van der Waals surface area (Å²) in [7, 11) is 2.93. The Bertz CT molecular complexity index is 2090. The number of phenolic OH excluding ortho intramolecular Hbond substituents is 1. The second kappa shape index (κ2) is 19.1. The molecule has 0 aromatic heterocycles. The highest BCUT2D eigenvalue weighted by Gasteiger charge is 2.37. The lowest BCUT2D eigenvalue weighted by Crippen LogP contribution is -2.30. The number of halogens is 1. The van der Waals surface area contributed by atoms with Gasteiger partial charge in [-0.1, -0.05) is 121 Å². The number of carbonyl (C=O) groups is 1. The summed E-state index contributed by atoms with van der Waals surface area (Å²) in [4.78, 5) is 15.1. The van der Waals surface area contributed by atoms with Gasteiger partial charge in [-0.3, -0.25) is 4.79 Å². The van der Waals surface area contributed by atoms with Gasteiger partial charge in [0, 0.05) is 38.0 Å². The molecule has 6 aromatic rings. The number of aromatic hydroxyl groups is 1. The Morgan fingerprint density at radius 1 is 0.556 bits per heavy atom. The van der Waals surface area contributed by atoms with Crippen molar-refractivity contribution in [2.24, 2.45) is 0 Å². The SMILES string of the molecule is COC(OC)C(C(=O)c1c(O)cc(OCc2ccccc2)cc1OCc1ccccc1)c1cc(I)c(OCc2ccccc2)cc1OCc1ccccc1. The lowest BCUT2D eigenvalue weighted by molar-refractivity contribution is -0.110. The van der Waals surface area contributed by atoms with Crippen molar-refractivity contribution in [3.8, 4) is 28.7 Å². The number of hydrogen-bond acceptors (Lipinski definition) is 8. The standard InChI is InChI=1S/C45H41IO8/c1-49-45(50-2)42(36-25-37(46)40(53-29-33-19-11-5-12-20-33)26-39(36)52-28-32-17-9-4-10-18-32)44(48)43-38(47)23-35(51-27-31-15-7-3-8-16-31)24-41(43)54-30-34-21-13-6-14-22-34/h3-26,42,45,47H,27-30H2,1-2H3. The van der Waals surface area contributed by atoms with Crippen LogP contribution in [0.15, 0.2) is 146 Å². The largest absolute Gasteiger partial charge is 0.507 e. The van der Waals surface area contributed by atoms with Crippen LogP contribution >= 0.6 is 22.6 Å². The molecule has 0 fully saturated rings. The molecular formula is C45H41IO8. The molecule has 54 heavy (non-hydrogen) atoms. The first kappa shape index (κ1) is 38.4. The number of hydrogen-bond donors (Lipinski definition) is 1. The molecule has 1 N–H and O–H groups in total. The zero-order chi connectivity index (χ0) is 37.7. The Kier molecular flexibility index (Phi) is 13.6. The Morgan fingerprint density at radius 3 is 1.44 bits per heavy atom. The highest BCUT2D eigenvalue weighted by Crippen LogP contribution is 2.43. The third kappa shape index (κ3) is 9.98. The van der Waals surface area contributed by atoms with E-state index in [1.165, 1.54) is 20.3 Å². The van der Waals surface area contributed by atoms with Gasteiger partial charge < -0.3 is 33.5 Å². The zero-order valence-corrected chi connectivity index (χ0v) is 32.2. The molecule has 1 atom stereocenters. The van der Waals surface area contributed by atoms with Gasteiger partial charge in [0.2, 0.25) is 0 Å². The first-order valence-electron chi connectivity index (χ1n) is 17.4. The van der Waals surface area contributed by atoms with Crippen molar-refractivity contribution in [1.82, 2.24) is 0 Å². The Balaban J connectivity index is 1.41. The number of phenols is 1. The molecule has 0 heterocycles. The van der Waals surface area contributed by atoms with E-state index < -0.39 is 18.0 Å². The minimum absolute atomic E-state index is 0.0458. The molecule has 0 saturated carbocycles. The fourth-order valence-electron chi connectivity index (χ4n) is 5.93. The maximum absolute atomic E-state index is 15.1. The lowest BCUT2D eigenvalue weighted by atomic mass is 9.88. The van der Waals surface area contributed by atoms with Gasteiger partial charge in [-0.05, 0) is 50.9 Å². The van der Waals surface area contributed by atoms with E-state index in [2.05, 4.69) is 22.6 Å². The van der Waals surface area contributed by atoms with Crippen LogP contribution in [0.25, 0.3) is 0 Å². The predicted octanol–water partition coefficient (Wildman–Crippen LogP) is 9.90. The maximum atomic E-state index is 15.1. The van der Waals surface area contributed by atoms with Gasteiger partial charge in [-0.25, -0.2) is 0 Å². The van der Waals surface area contributed by atoms with Crippen LogP contribution < -0.4 is 18.9 Å². The highest BCUT2D eigenvalue weighted by molar-refractivity contribution is 14.1. The van der Waals surface area contributed by atoms with Crippen molar-refractivity contribution in [2.45, 2.75) is 38.6 Å². The molecule has 0 aliphatic carbocycles. The normalized spacial score (nSPS) is 11.6. The number of ether oxygens (including phenoxy) is 6. The van der Waals surface area contributed by atoms with Crippen molar-refractivity contribution in [2.75, 3.05) is 14.2 Å². The molecule has 0 radical (unpaired) electrons. The number of rotatable bonds is 18. The van der Waals surface area contributed by atoms with Gasteiger partial charge in [0.05, 0.1) is 3.57 Å². The molecule has 0 spiro atoms. The molecule has 6 rings (SSSR count). The van der Waals surface area contributed by atoms with E-state index >= 15 is 4.79 Å². The van der Waals surface area contributed by atoms with E-state index in [4.69, 9.17) is 28.4 Å². The monoisotopic (exact) mass is 836 g/mol. The van der Waals surface area contributed by atoms with Crippen LogP contribution in [0, 0.1) is 3.57 Å². The minimum atomic E-state index is -1.11. The first-order valence-corrected chi connectivity index (χ1v) is 18.5. The number of Topliss-reactive ketones (excluding diaryl/α,β-unsaturated/α-hetero) is 1. The molecule has 0 aliphatic heterocycles.